The van der Waals surface area contributed by atoms with E-state index < -0.39 is 0 Å². The van der Waals surface area contributed by atoms with E-state index in [9.17, 15) is 0 Å². The van der Waals surface area contributed by atoms with Crippen molar-refractivity contribution in [3.63, 3.8) is 0 Å². The lowest BCUT2D eigenvalue weighted by Crippen LogP contribution is -2.55. The highest BCUT2D eigenvalue weighted by atomic mass is 15.3. The van der Waals surface area contributed by atoms with Crippen molar-refractivity contribution in [2.24, 2.45) is 7.05 Å². The molecule has 0 aromatic carbocycles. The summed E-state index contributed by atoms with van der Waals surface area (Å²) in [6.07, 6.45) is 1.83. The molecule has 12 heavy (non-hydrogen) atoms. The smallest absolute Gasteiger partial charge is 0.0518 e. The zero-order valence-electron chi connectivity index (χ0n) is 7.25. The summed E-state index contributed by atoms with van der Waals surface area (Å²) in [6, 6.07) is 2.69. The van der Waals surface area contributed by atoms with Crippen LogP contribution in [0.5, 0.6) is 0 Å². The van der Waals surface area contributed by atoms with Crippen LogP contribution in [0.25, 0.3) is 0 Å². The van der Waals surface area contributed by atoms with Crippen LogP contribution < -0.4 is 10.6 Å². The van der Waals surface area contributed by atoms with E-state index in [-0.39, 0.29) is 0 Å². The van der Waals surface area contributed by atoms with Crippen LogP contribution in [0.15, 0.2) is 12.3 Å². The van der Waals surface area contributed by atoms with Gasteiger partial charge in [0, 0.05) is 38.9 Å². The fourth-order valence-electron chi connectivity index (χ4n) is 1.26. The van der Waals surface area contributed by atoms with Gasteiger partial charge in [-0.1, -0.05) is 0 Å². The molecule has 0 aliphatic carbocycles. The molecule has 1 aliphatic heterocycles. The number of nitrogens with zero attached hydrogens (tertiary/aromatic N) is 2. The lowest BCUT2D eigenvalue weighted by atomic mass is 10.2. The van der Waals surface area contributed by atoms with Gasteiger partial charge in [0.2, 0.25) is 0 Å². The summed E-state index contributed by atoms with van der Waals surface area (Å²) in [7, 11) is 1.97. The molecular weight excluding hydrogens is 152 g/mol. The molecule has 66 valence electrons. The maximum Gasteiger partial charge on any atom is 0.0518 e. The molecule has 0 spiro atoms. The van der Waals surface area contributed by atoms with Gasteiger partial charge in [0.25, 0.3) is 0 Å². The SMILES string of the molecule is Cn1nccc1CNC1CNC1. The molecule has 2 heterocycles. The molecule has 4 nitrogen and oxygen atoms in total. The van der Waals surface area contributed by atoms with Crippen molar-refractivity contribution in [1.29, 1.82) is 0 Å². The van der Waals surface area contributed by atoms with Crippen molar-refractivity contribution in [2.45, 2.75) is 12.6 Å². The van der Waals surface area contributed by atoms with Crippen LogP contribution in [0.4, 0.5) is 0 Å². The first kappa shape index (κ1) is 7.76. The average molecular weight is 166 g/mol. The van der Waals surface area contributed by atoms with Crippen LogP contribution in [0, 0.1) is 0 Å². The highest BCUT2D eigenvalue weighted by Crippen LogP contribution is 1.97. The van der Waals surface area contributed by atoms with Crippen molar-refractivity contribution in [3.05, 3.63) is 18.0 Å². The molecule has 1 aromatic heterocycles. The summed E-state index contributed by atoms with van der Waals surface area (Å²) in [5.41, 5.74) is 1.24. The summed E-state index contributed by atoms with van der Waals surface area (Å²) in [5, 5.41) is 10.8. The number of hydrogen-bond acceptors (Lipinski definition) is 3. The number of aromatic nitrogens is 2. The Hall–Kier alpha value is -0.870. The molecule has 0 radical (unpaired) electrons. The Balaban J connectivity index is 1.82. The van der Waals surface area contributed by atoms with E-state index in [0.717, 1.165) is 19.6 Å². The van der Waals surface area contributed by atoms with Gasteiger partial charge in [0.1, 0.15) is 0 Å². The number of aryl methyl sites for hydroxylation is 1. The quantitative estimate of drug-likeness (QED) is 0.635. The van der Waals surface area contributed by atoms with Gasteiger partial charge in [-0.15, -0.1) is 0 Å². The van der Waals surface area contributed by atoms with E-state index in [0.29, 0.717) is 6.04 Å². The van der Waals surface area contributed by atoms with Gasteiger partial charge in [-0.25, -0.2) is 0 Å². The molecule has 1 aromatic rings. The standard InChI is InChI=1S/C8H14N4/c1-12-8(2-3-11-12)6-10-7-4-9-5-7/h2-3,7,9-10H,4-6H2,1H3. The summed E-state index contributed by atoms with van der Waals surface area (Å²) in [6.45, 7) is 3.11. The molecule has 2 rings (SSSR count). The van der Waals surface area contributed by atoms with Gasteiger partial charge in [-0.2, -0.15) is 5.10 Å². The molecule has 0 bridgehead atoms. The predicted octanol–water partition coefficient (Wildman–Crippen LogP) is -0.518. The molecule has 0 atom stereocenters. The third-order valence-corrected chi connectivity index (χ3v) is 2.28. The predicted molar refractivity (Wildman–Crippen MR) is 46.7 cm³/mol. The van der Waals surface area contributed by atoms with Crippen LogP contribution in [0.1, 0.15) is 5.69 Å². The fourth-order valence-corrected chi connectivity index (χ4v) is 1.26. The number of nitrogens with one attached hydrogen (secondary N) is 2. The third kappa shape index (κ3) is 1.49. The minimum absolute atomic E-state index is 0.653. The summed E-state index contributed by atoms with van der Waals surface area (Å²) >= 11 is 0. The van der Waals surface area contributed by atoms with E-state index in [4.69, 9.17) is 0 Å². The molecular formula is C8H14N4. The molecule has 0 saturated carbocycles. The van der Waals surface area contributed by atoms with Gasteiger partial charge in [0.15, 0.2) is 0 Å². The lowest BCUT2D eigenvalue weighted by molar-refractivity contribution is 0.361. The fraction of sp³-hybridized carbons (Fsp3) is 0.625. The zero-order valence-corrected chi connectivity index (χ0v) is 7.25. The molecule has 1 fully saturated rings. The van der Waals surface area contributed by atoms with E-state index in [1.807, 2.05) is 24.0 Å². The highest BCUT2D eigenvalue weighted by molar-refractivity contribution is 5.00. The van der Waals surface area contributed by atoms with Crippen molar-refractivity contribution >= 4 is 0 Å². The average Bonchev–Trinajstić information content (AvgIpc) is 2.33. The normalized spacial score (nSPS) is 17.8. The Morgan fingerprint density at radius 3 is 3.08 bits per heavy atom. The van der Waals surface area contributed by atoms with E-state index in [1.165, 1.54) is 5.69 Å². The largest absolute Gasteiger partial charge is 0.314 e. The molecule has 4 heteroatoms. The highest BCUT2D eigenvalue weighted by Gasteiger charge is 2.15. The lowest BCUT2D eigenvalue weighted by Gasteiger charge is -2.28. The molecule has 2 N–H and O–H groups in total. The first-order valence-electron chi connectivity index (χ1n) is 4.27. The maximum atomic E-state index is 4.10. The van der Waals surface area contributed by atoms with E-state index in [2.05, 4.69) is 15.7 Å². The number of rotatable bonds is 3. The Morgan fingerprint density at radius 2 is 2.58 bits per heavy atom. The van der Waals surface area contributed by atoms with Crippen molar-refractivity contribution in [1.82, 2.24) is 20.4 Å². The summed E-state index contributed by atoms with van der Waals surface area (Å²) < 4.78 is 1.90. The Kier molecular flexibility index (Phi) is 2.10. The van der Waals surface area contributed by atoms with Crippen LogP contribution in [-0.4, -0.2) is 28.9 Å². The van der Waals surface area contributed by atoms with Crippen LogP contribution in [0.2, 0.25) is 0 Å². The van der Waals surface area contributed by atoms with E-state index >= 15 is 0 Å². The third-order valence-electron chi connectivity index (χ3n) is 2.28. The second-order valence-electron chi connectivity index (χ2n) is 3.18. The van der Waals surface area contributed by atoms with Crippen LogP contribution >= 0.6 is 0 Å². The zero-order chi connectivity index (χ0) is 8.39. The van der Waals surface area contributed by atoms with Crippen molar-refractivity contribution < 1.29 is 0 Å². The minimum atomic E-state index is 0.653. The Labute approximate surface area is 72.0 Å². The van der Waals surface area contributed by atoms with E-state index in [1.54, 1.807) is 0 Å². The first-order valence-corrected chi connectivity index (χ1v) is 4.27. The molecule has 0 amide bonds. The minimum Gasteiger partial charge on any atom is -0.314 e. The van der Waals surface area contributed by atoms with Crippen molar-refractivity contribution in [2.75, 3.05) is 13.1 Å². The summed E-state index contributed by atoms with van der Waals surface area (Å²) in [5.74, 6) is 0. The van der Waals surface area contributed by atoms with Gasteiger partial charge < -0.3 is 10.6 Å². The molecule has 1 aliphatic rings. The number of hydrogen-bond donors (Lipinski definition) is 2. The Bertz CT molecular complexity index is 251. The topological polar surface area (TPSA) is 41.9 Å². The maximum absolute atomic E-state index is 4.10. The second kappa shape index (κ2) is 3.25. The second-order valence-corrected chi connectivity index (χ2v) is 3.18. The first-order chi connectivity index (χ1) is 5.86. The molecule has 1 saturated heterocycles. The Morgan fingerprint density at radius 1 is 1.75 bits per heavy atom. The van der Waals surface area contributed by atoms with Gasteiger partial charge in [-0.3, -0.25) is 4.68 Å². The molecule has 0 unspecified atom stereocenters. The van der Waals surface area contributed by atoms with Crippen molar-refractivity contribution in [3.8, 4) is 0 Å². The monoisotopic (exact) mass is 166 g/mol. The van der Waals surface area contributed by atoms with Gasteiger partial charge in [-0.05, 0) is 6.07 Å². The summed E-state index contributed by atoms with van der Waals surface area (Å²) in [4.78, 5) is 0. The van der Waals surface area contributed by atoms with Crippen LogP contribution in [-0.2, 0) is 13.6 Å². The van der Waals surface area contributed by atoms with Crippen LogP contribution in [0.3, 0.4) is 0 Å². The van der Waals surface area contributed by atoms with Gasteiger partial charge >= 0.3 is 0 Å². The van der Waals surface area contributed by atoms with Gasteiger partial charge in [0.05, 0.1) is 5.69 Å².